The molecule has 7 heteroatoms. The average Bonchev–Trinajstić information content (AvgIpc) is 3.32. The quantitative estimate of drug-likeness (QED) is 0.581. The second kappa shape index (κ2) is 6.72. The minimum atomic E-state index is -0.205. The van der Waals surface area contributed by atoms with Gasteiger partial charge in [0.2, 0.25) is 0 Å². The number of hydrogen-bond donors (Lipinski definition) is 2. The number of carbonyl (C=O) groups excluding carboxylic acids is 1. The first-order valence-electron chi connectivity index (χ1n) is 8.11. The molecule has 0 radical (unpaired) electrons. The van der Waals surface area contributed by atoms with Crippen LogP contribution < -0.4 is 10.1 Å². The third kappa shape index (κ3) is 3.14. The molecule has 130 valence electrons. The van der Waals surface area contributed by atoms with Crippen LogP contribution in [0.2, 0.25) is 0 Å². The van der Waals surface area contributed by atoms with Gasteiger partial charge in [0.15, 0.2) is 5.82 Å². The zero-order valence-electron chi connectivity index (χ0n) is 14.1. The van der Waals surface area contributed by atoms with Gasteiger partial charge < -0.3 is 14.6 Å². The average molecular weight is 347 g/mol. The van der Waals surface area contributed by atoms with Gasteiger partial charge in [-0.2, -0.15) is 5.10 Å². The van der Waals surface area contributed by atoms with Crippen LogP contribution in [0.4, 0.5) is 5.82 Å². The van der Waals surface area contributed by atoms with Gasteiger partial charge in [-0.05, 0) is 29.8 Å². The number of amides is 1. The van der Waals surface area contributed by atoms with Crippen LogP contribution in [-0.2, 0) is 6.54 Å². The van der Waals surface area contributed by atoms with E-state index in [1.165, 1.54) is 0 Å². The lowest BCUT2D eigenvalue weighted by Crippen LogP contribution is -2.12. The Labute approximate surface area is 149 Å². The molecule has 0 saturated carbocycles. The van der Waals surface area contributed by atoms with Crippen LogP contribution >= 0.6 is 0 Å². The monoisotopic (exact) mass is 347 g/mol. The number of ether oxygens (including phenoxy) is 1. The van der Waals surface area contributed by atoms with Crippen molar-refractivity contribution in [2.24, 2.45) is 0 Å². The summed E-state index contributed by atoms with van der Waals surface area (Å²) in [7, 11) is 1.61. The number of methoxy groups -OCH3 is 1. The number of rotatable bonds is 5. The van der Waals surface area contributed by atoms with Crippen LogP contribution in [0.15, 0.2) is 61.2 Å². The molecule has 0 fully saturated rings. The van der Waals surface area contributed by atoms with Crippen LogP contribution in [0.25, 0.3) is 10.9 Å². The summed E-state index contributed by atoms with van der Waals surface area (Å²) < 4.78 is 7.16. The van der Waals surface area contributed by atoms with Gasteiger partial charge in [-0.3, -0.25) is 9.89 Å². The Morgan fingerprint density at radius 1 is 1.23 bits per heavy atom. The van der Waals surface area contributed by atoms with Crippen LogP contribution in [0.5, 0.6) is 5.75 Å². The SMILES string of the molecule is COc1ccc2c(NC(=O)c3ccc(Cn4ccnc4)cc3)n[nH]c2c1. The fourth-order valence-electron chi connectivity index (χ4n) is 2.75. The molecule has 0 atom stereocenters. The molecule has 2 heterocycles. The van der Waals surface area contributed by atoms with Crippen molar-refractivity contribution in [3.63, 3.8) is 0 Å². The molecular weight excluding hydrogens is 330 g/mol. The molecule has 7 nitrogen and oxygen atoms in total. The number of nitrogens with zero attached hydrogens (tertiary/aromatic N) is 3. The van der Waals surface area contributed by atoms with Gasteiger partial charge in [0.25, 0.3) is 5.91 Å². The first-order valence-corrected chi connectivity index (χ1v) is 8.11. The van der Waals surface area contributed by atoms with E-state index in [-0.39, 0.29) is 5.91 Å². The lowest BCUT2D eigenvalue weighted by Gasteiger charge is -2.06. The fourth-order valence-corrected chi connectivity index (χ4v) is 2.75. The molecule has 0 bridgehead atoms. The zero-order valence-corrected chi connectivity index (χ0v) is 14.1. The number of carbonyl (C=O) groups is 1. The van der Waals surface area contributed by atoms with Crippen molar-refractivity contribution in [1.29, 1.82) is 0 Å². The number of nitrogens with one attached hydrogen (secondary N) is 2. The van der Waals surface area contributed by atoms with Crippen molar-refractivity contribution >= 4 is 22.6 Å². The van der Waals surface area contributed by atoms with E-state index in [9.17, 15) is 4.79 Å². The van der Waals surface area contributed by atoms with Crippen molar-refractivity contribution in [2.45, 2.75) is 6.54 Å². The van der Waals surface area contributed by atoms with Gasteiger partial charge in [0.05, 0.1) is 19.0 Å². The summed E-state index contributed by atoms with van der Waals surface area (Å²) in [5.41, 5.74) is 2.47. The van der Waals surface area contributed by atoms with Crippen molar-refractivity contribution in [2.75, 3.05) is 12.4 Å². The molecule has 2 N–H and O–H groups in total. The maximum atomic E-state index is 12.5. The number of H-pyrrole nitrogens is 1. The van der Waals surface area contributed by atoms with Gasteiger partial charge in [-0.25, -0.2) is 4.98 Å². The molecule has 0 spiro atoms. The molecule has 0 saturated heterocycles. The van der Waals surface area contributed by atoms with Crippen molar-refractivity contribution in [3.8, 4) is 5.75 Å². The van der Waals surface area contributed by atoms with Gasteiger partial charge >= 0.3 is 0 Å². The lowest BCUT2D eigenvalue weighted by atomic mass is 10.1. The minimum Gasteiger partial charge on any atom is -0.497 e. The van der Waals surface area contributed by atoms with E-state index >= 15 is 0 Å². The molecule has 0 unspecified atom stereocenters. The Bertz CT molecular complexity index is 1040. The predicted octanol–water partition coefficient (Wildman–Crippen LogP) is 3.07. The van der Waals surface area contributed by atoms with Crippen molar-refractivity contribution in [3.05, 3.63) is 72.3 Å². The molecule has 0 aliphatic rings. The standard InChI is InChI=1S/C19H17N5O2/c1-26-15-6-7-16-17(10-15)22-23-18(16)21-19(25)14-4-2-13(3-5-14)11-24-9-8-20-12-24/h2-10,12H,11H2,1H3,(H2,21,22,23,25). The largest absolute Gasteiger partial charge is 0.497 e. The van der Waals surface area contributed by atoms with Crippen LogP contribution in [0.1, 0.15) is 15.9 Å². The van der Waals surface area contributed by atoms with E-state index in [0.29, 0.717) is 17.9 Å². The molecule has 26 heavy (non-hydrogen) atoms. The third-order valence-electron chi connectivity index (χ3n) is 4.14. The van der Waals surface area contributed by atoms with Crippen LogP contribution in [0, 0.1) is 0 Å². The van der Waals surface area contributed by atoms with Gasteiger partial charge in [-0.15, -0.1) is 0 Å². The van der Waals surface area contributed by atoms with Gasteiger partial charge in [0.1, 0.15) is 5.75 Å². The second-order valence-electron chi connectivity index (χ2n) is 5.87. The molecule has 2 aromatic heterocycles. The number of aromatic amines is 1. The van der Waals surface area contributed by atoms with E-state index in [1.54, 1.807) is 31.8 Å². The van der Waals surface area contributed by atoms with Crippen molar-refractivity contribution < 1.29 is 9.53 Å². The van der Waals surface area contributed by atoms with Crippen LogP contribution in [0.3, 0.4) is 0 Å². The summed E-state index contributed by atoms with van der Waals surface area (Å²) >= 11 is 0. The fraction of sp³-hybridized carbons (Fsp3) is 0.105. The molecule has 0 aliphatic heterocycles. The Balaban J connectivity index is 1.49. The number of imidazole rings is 1. The van der Waals surface area contributed by atoms with Crippen LogP contribution in [-0.4, -0.2) is 32.8 Å². The summed E-state index contributed by atoms with van der Waals surface area (Å²) in [5.74, 6) is 1.02. The molecule has 4 rings (SSSR count). The smallest absolute Gasteiger partial charge is 0.256 e. The highest BCUT2D eigenvalue weighted by Gasteiger charge is 2.12. The first-order chi connectivity index (χ1) is 12.7. The van der Waals surface area contributed by atoms with Gasteiger partial charge in [-0.1, -0.05) is 12.1 Å². The van der Waals surface area contributed by atoms with Crippen molar-refractivity contribution in [1.82, 2.24) is 19.7 Å². The van der Waals surface area contributed by atoms with E-state index in [1.807, 2.05) is 41.1 Å². The Morgan fingerprint density at radius 2 is 2.08 bits per heavy atom. The van der Waals surface area contributed by atoms with E-state index in [0.717, 1.165) is 22.2 Å². The minimum absolute atomic E-state index is 0.205. The number of anilines is 1. The number of aromatic nitrogens is 4. The molecular formula is C19H17N5O2. The predicted molar refractivity (Wildman–Crippen MR) is 98.4 cm³/mol. The molecule has 2 aromatic carbocycles. The van der Waals surface area contributed by atoms with E-state index in [2.05, 4.69) is 20.5 Å². The highest BCUT2D eigenvalue weighted by Crippen LogP contribution is 2.25. The summed E-state index contributed by atoms with van der Waals surface area (Å²) in [6, 6.07) is 13.0. The summed E-state index contributed by atoms with van der Waals surface area (Å²) in [5, 5.41) is 10.8. The summed E-state index contributed by atoms with van der Waals surface area (Å²) in [6.07, 6.45) is 5.40. The molecule has 4 aromatic rings. The first kappa shape index (κ1) is 15.9. The maximum absolute atomic E-state index is 12.5. The normalized spacial score (nSPS) is 10.8. The zero-order chi connectivity index (χ0) is 17.9. The Morgan fingerprint density at radius 3 is 2.81 bits per heavy atom. The lowest BCUT2D eigenvalue weighted by molar-refractivity contribution is 0.102. The van der Waals surface area contributed by atoms with Gasteiger partial charge in [0, 0.05) is 36.0 Å². The third-order valence-corrected chi connectivity index (χ3v) is 4.14. The summed E-state index contributed by atoms with van der Waals surface area (Å²) in [4.78, 5) is 16.5. The molecule has 0 aliphatic carbocycles. The highest BCUT2D eigenvalue weighted by atomic mass is 16.5. The Hall–Kier alpha value is -3.61. The number of fused-ring (bicyclic) bond motifs is 1. The van der Waals surface area contributed by atoms with E-state index < -0.39 is 0 Å². The summed E-state index contributed by atoms with van der Waals surface area (Å²) in [6.45, 7) is 0.716. The maximum Gasteiger partial charge on any atom is 0.256 e. The highest BCUT2D eigenvalue weighted by molar-refractivity contribution is 6.07. The number of benzene rings is 2. The Kier molecular flexibility index (Phi) is 4.10. The second-order valence-corrected chi connectivity index (χ2v) is 5.87. The topological polar surface area (TPSA) is 84.8 Å². The number of hydrogen-bond acceptors (Lipinski definition) is 4. The van der Waals surface area contributed by atoms with E-state index in [4.69, 9.17) is 4.74 Å². The molecule has 1 amide bonds.